The molecule has 1 aliphatic rings. The Morgan fingerprint density at radius 3 is 3.20 bits per heavy atom. The number of nitrogens with one attached hydrogen (secondary N) is 1. The van der Waals surface area contributed by atoms with Crippen molar-refractivity contribution in [2.75, 3.05) is 12.3 Å². The molecule has 6 nitrogen and oxygen atoms in total. The third-order valence-corrected chi connectivity index (χ3v) is 4.57. The Morgan fingerprint density at radius 1 is 1.50 bits per heavy atom. The van der Waals surface area contributed by atoms with Crippen molar-refractivity contribution in [3.8, 4) is 0 Å². The topological polar surface area (TPSA) is 76.3 Å². The summed E-state index contributed by atoms with van der Waals surface area (Å²) in [6.45, 7) is 1.07. The zero-order valence-corrected chi connectivity index (χ0v) is 12.2. The van der Waals surface area contributed by atoms with Crippen LogP contribution in [0, 0.1) is 0 Å². The lowest BCUT2D eigenvalue weighted by atomic mass is 10.3. The van der Waals surface area contributed by atoms with Crippen molar-refractivity contribution in [1.29, 1.82) is 0 Å². The van der Waals surface area contributed by atoms with Crippen molar-refractivity contribution in [3.05, 3.63) is 28.1 Å². The lowest BCUT2D eigenvalue weighted by molar-refractivity contribution is -0.119. The van der Waals surface area contributed by atoms with Crippen LogP contribution in [0.2, 0.25) is 0 Å². The van der Waals surface area contributed by atoms with Gasteiger partial charge in [0.2, 0.25) is 5.91 Å². The van der Waals surface area contributed by atoms with Gasteiger partial charge < -0.3 is 5.32 Å². The number of aromatic nitrogens is 2. The third kappa shape index (κ3) is 2.75. The zero-order chi connectivity index (χ0) is 13.9. The van der Waals surface area contributed by atoms with E-state index in [1.54, 1.807) is 6.07 Å². The number of carbonyl (C=O) groups is 1. The average Bonchev–Trinajstić information content (AvgIpc) is 3.09. The standard InChI is InChI=1S/C12H12N4O2S2/c17-9(15-12-13-3-6-20-12)1-4-16-7-14-10-8(11(16)18)2-5-19-10/h2,5,7H,1,3-4,6H2,(H,13,15,17). The molecule has 2 aromatic rings. The number of nitrogens with zero attached hydrogens (tertiary/aromatic N) is 3. The highest BCUT2D eigenvalue weighted by Crippen LogP contribution is 2.13. The van der Waals surface area contributed by atoms with Gasteiger partial charge in [-0.05, 0) is 11.4 Å². The third-order valence-electron chi connectivity index (χ3n) is 2.86. The Morgan fingerprint density at radius 2 is 2.40 bits per heavy atom. The number of rotatable bonds is 3. The predicted octanol–water partition coefficient (Wildman–Crippen LogP) is 1.07. The van der Waals surface area contributed by atoms with Gasteiger partial charge in [0, 0.05) is 18.7 Å². The lowest BCUT2D eigenvalue weighted by Gasteiger charge is -2.06. The van der Waals surface area contributed by atoms with Crippen molar-refractivity contribution in [3.63, 3.8) is 0 Å². The second-order valence-corrected chi connectivity index (χ2v) is 6.19. The van der Waals surface area contributed by atoms with E-state index in [0.717, 1.165) is 17.1 Å². The van der Waals surface area contributed by atoms with E-state index in [1.807, 2.05) is 5.38 Å². The van der Waals surface area contributed by atoms with Crippen LogP contribution in [0.5, 0.6) is 0 Å². The maximum Gasteiger partial charge on any atom is 0.262 e. The van der Waals surface area contributed by atoms with E-state index in [0.29, 0.717) is 17.1 Å². The van der Waals surface area contributed by atoms with Crippen LogP contribution in [0.15, 0.2) is 27.6 Å². The largest absolute Gasteiger partial charge is 0.305 e. The predicted molar refractivity (Wildman–Crippen MR) is 81.4 cm³/mol. The summed E-state index contributed by atoms with van der Waals surface area (Å²) in [6, 6.07) is 1.76. The van der Waals surface area contributed by atoms with Crippen molar-refractivity contribution in [2.24, 2.45) is 4.99 Å². The Kier molecular flexibility index (Phi) is 3.83. The Bertz CT molecular complexity index is 734. The van der Waals surface area contributed by atoms with Gasteiger partial charge in [-0.15, -0.1) is 11.3 Å². The lowest BCUT2D eigenvalue weighted by Crippen LogP contribution is -2.30. The van der Waals surface area contributed by atoms with E-state index in [-0.39, 0.29) is 17.9 Å². The van der Waals surface area contributed by atoms with Gasteiger partial charge in [0.05, 0.1) is 18.3 Å². The first-order valence-electron chi connectivity index (χ1n) is 6.14. The fourth-order valence-electron chi connectivity index (χ4n) is 1.87. The van der Waals surface area contributed by atoms with E-state index in [2.05, 4.69) is 15.3 Å². The highest BCUT2D eigenvalue weighted by atomic mass is 32.2. The Hall–Kier alpha value is -1.67. The number of hydrogen-bond donors (Lipinski definition) is 1. The zero-order valence-electron chi connectivity index (χ0n) is 10.5. The molecule has 3 rings (SSSR count). The van der Waals surface area contributed by atoms with Crippen LogP contribution in [-0.4, -0.2) is 32.9 Å². The van der Waals surface area contributed by atoms with E-state index in [4.69, 9.17) is 0 Å². The first-order valence-corrected chi connectivity index (χ1v) is 8.00. The van der Waals surface area contributed by atoms with E-state index < -0.39 is 0 Å². The quantitative estimate of drug-likeness (QED) is 0.920. The molecule has 0 saturated heterocycles. The maximum atomic E-state index is 12.1. The second-order valence-electron chi connectivity index (χ2n) is 4.22. The smallest absolute Gasteiger partial charge is 0.262 e. The van der Waals surface area contributed by atoms with Crippen molar-refractivity contribution >= 4 is 44.4 Å². The summed E-state index contributed by atoms with van der Waals surface area (Å²) >= 11 is 2.97. The van der Waals surface area contributed by atoms with Gasteiger partial charge >= 0.3 is 0 Å². The highest BCUT2D eigenvalue weighted by molar-refractivity contribution is 8.14. The van der Waals surface area contributed by atoms with Gasteiger partial charge in [0.25, 0.3) is 5.56 Å². The fourth-order valence-corrected chi connectivity index (χ4v) is 3.33. The molecular formula is C12H12N4O2S2. The van der Waals surface area contributed by atoms with Crippen LogP contribution in [0.4, 0.5) is 0 Å². The number of carbonyl (C=O) groups excluding carboxylic acids is 1. The number of amides is 1. The summed E-state index contributed by atoms with van der Waals surface area (Å²) in [6.07, 6.45) is 1.73. The first kappa shape index (κ1) is 13.3. The molecule has 104 valence electrons. The average molecular weight is 308 g/mol. The molecule has 1 aliphatic heterocycles. The van der Waals surface area contributed by atoms with Crippen molar-refractivity contribution < 1.29 is 4.79 Å². The number of thioether (sulfide) groups is 1. The molecule has 0 saturated carbocycles. The normalized spacial score (nSPS) is 14.5. The van der Waals surface area contributed by atoms with Gasteiger partial charge in [-0.1, -0.05) is 11.8 Å². The van der Waals surface area contributed by atoms with Crippen LogP contribution in [-0.2, 0) is 11.3 Å². The van der Waals surface area contributed by atoms with Gasteiger partial charge in [-0.2, -0.15) is 0 Å². The van der Waals surface area contributed by atoms with E-state index in [1.165, 1.54) is 34.0 Å². The Balaban J connectivity index is 1.66. The molecule has 0 bridgehead atoms. The number of thiophene rings is 1. The molecule has 0 aromatic carbocycles. The molecule has 0 unspecified atom stereocenters. The molecule has 0 fully saturated rings. The molecule has 0 radical (unpaired) electrons. The van der Waals surface area contributed by atoms with Gasteiger partial charge in [0.15, 0.2) is 5.17 Å². The molecule has 20 heavy (non-hydrogen) atoms. The number of amidine groups is 1. The monoisotopic (exact) mass is 308 g/mol. The summed E-state index contributed by atoms with van der Waals surface area (Å²) < 4.78 is 1.47. The molecular weight excluding hydrogens is 296 g/mol. The summed E-state index contributed by atoms with van der Waals surface area (Å²) in [4.78, 5) is 33.0. The minimum atomic E-state index is -0.129. The van der Waals surface area contributed by atoms with Gasteiger partial charge in [-0.3, -0.25) is 19.1 Å². The minimum Gasteiger partial charge on any atom is -0.305 e. The summed E-state index contributed by atoms with van der Waals surface area (Å²) in [5, 5.41) is 5.86. The van der Waals surface area contributed by atoms with Crippen LogP contribution in [0.1, 0.15) is 6.42 Å². The highest BCUT2D eigenvalue weighted by Gasteiger charge is 2.11. The van der Waals surface area contributed by atoms with Crippen molar-refractivity contribution in [2.45, 2.75) is 13.0 Å². The molecule has 1 amide bonds. The second kappa shape index (κ2) is 5.76. The number of aliphatic imine (C=N–C) groups is 1. The fraction of sp³-hybridized carbons (Fsp3) is 0.333. The Labute approximate surface area is 122 Å². The molecule has 1 N–H and O–H groups in total. The first-order chi connectivity index (χ1) is 9.74. The molecule has 3 heterocycles. The molecule has 2 aromatic heterocycles. The summed E-state index contributed by atoms with van der Waals surface area (Å²) in [7, 11) is 0. The van der Waals surface area contributed by atoms with E-state index >= 15 is 0 Å². The summed E-state index contributed by atoms with van der Waals surface area (Å²) in [5.74, 6) is 0.781. The summed E-state index contributed by atoms with van der Waals surface area (Å²) in [5.41, 5.74) is -0.100. The molecule has 0 spiro atoms. The van der Waals surface area contributed by atoms with Crippen molar-refractivity contribution in [1.82, 2.24) is 14.9 Å². The molecule has 0 aliphatic carbocycles. The number of fused-ring (bicyclic) bond motifs is 1. The van der Waals surface area contributed by atoms with Crippen LogP contribution in [0.3, 0.4) is 0 Å². The van der Waals surface area contributed by atoms with Gasteiger partial charge in [-0.25, -0.2) is 4.98 Å². The number of hydrogen-bond acceptors (Lipinski definition) is 6. The van der Waals surface area contributed by atoms with Crippen LogP contribution < -0.4 is 10.9 Å². The molecule has 8 heteroatoms. The van der Waals surface area contributed by atoms with Gasteiger partial charge in [0.1, 0.15) is 4.83 Å². The van der Waals surface area contributed by atoms with E-state index in [9.17, 15) is 9.59 Å². The minimum absolute atomic E-state index is 0.100. The number of aryl methyl sites for hydroxylation is 1. The maximum absolute atomic E-state index is 12.1. The molecule has 0 atom stereocenters. The van der Waals surface area contributed by atoms with Crippen LogP contribution >= 0.6 is 23.1 Å². The van der Waals surface area contributed by atoms with Crippen LogP contribution in [0.25, 0.3) is 10.2 Å². The SMILES string of the molecule is O=C(CCn1cnc2sccc2c1=O)NC1=NCCS1.